The normalized spacial score (nSPS) is 49.7. The van der Waals surface area contributed by atoms with E-state index in [0.717, 1.165) is 12.5 Å². The van der Waals surface area contributed by atoms with Gasteiger partial charge in [-0.1, -0.05) is 55.8 Å². The first-order valence-corrected chi connectivity index (χ1v) is 10.8. The van der Waals surface area contributed by atoms with Gasteiger partial charge in [-0.25, -0.2) is 0 Å². The van der Waals surface area contributed by atoms with Gasteiger partial charge in [0.25, 0.3) is 0 Å². The van der Waals surface area contributed by atoms with E-state index in [0.29, 0.717) is 23.9 Å². The third kappa shape index (κ3) is 2.14. The van der Waals surface area contributed by atoms with Crippen LogP contribution in [0, 0.1) is 17.8 Å². The molecule has 4 fully saturated rings. The van der Waals surface area contributed by atoms with Gasteiger partial charge in [0, 0.05) is 29.8 Å². The van der Waals surface area contributed by atoms with Gasteiger partial charge in [-0.3, -0.25) is 4.90 Å². The molecule has 1 aromatic carbocycles. The zero-order valence-electron chi connectivity index (χ0n) is 16.7. The third-order valence-electron chi connectivity index (χ3n) is 8.46. The highest BCUT2D eigenvalue weighted by Crippen LogP contribution is 2.61. The fraction of sp³-hybridized carbons (Fsp3) is 0.667. The number of hydrogen-bond donors (Lipinski definition) is 0. The van der Waals surface area contributed by atoms with Gasteiger partial charge in [0.05, 0.1) is 12.2 Å². The van der Waals surface area contributed by atoms with Gasteiger partial charge in [-0.15, -0.1) is 0 Å². The molecule has 3 heteroatoms. The molecule has 4 aliphatic heterocycles. The molecule has 1 aliphatic carbocycles. The van der Waals surface area contributed by atoms with Crippen LogP contribution in [0.1, 0.15) is 51.5 Å². The van der Waals surface area contributed by atoms with E-state index in [-0.39, 0.29) is 23.5 Å². The first kappa shape index (κ1) is 16.8. The van der Waals surface area contributed by atoms with Crippen molar-refractivity contribution in [3.63, 3.8) is 0 Å². The van der Waals surface area contributed by atoms with Crippen LogP contribution >= 0.6 is 0 Å². The van der Waals surface area contributed by atoms with E-state index in [2.05, 4.69) is 68.2 Å². The Morgan fingerprint density at radius 1 is 1.11 bits per heavy atom. The number of fused-ring (bicyclic) bond motifs is 4. The third-order valence-corrected chi connectivity index (χ3v) is 8.46. The van der Waals surface area contributed by atoms with Crippen molar-refractivity contribution in [3.05, 3.63) is 48.0 Å². The molecule has 3 saturated heterocycles. The molecule has 4 heterocycles. The fourth-order valence-electron chi connectivity index (χ4n) is 7.09. The Balaban J connectivity index is 1.42. The zero-order chi connectivity index (χ0) is 18.4. The van der Waals surface area contributed by atoms with Crippen LogP contribution in [0.15, 0.2) is 42.5 Å². The maximum Gasteiger partial charge on any atom is 0.118 e. The maximum absolute atomic E-state index is 6.95. The summed E-state index contributed by atoms with van der Waals surface area (Å²) in [5.41, 5.74) is 1.41. The molecule has 8 atom stereocenters. The second kappa shape index (κ2) is 5.46. The quantitative estimate of drug-likeness (QED) is 0.691. The molecule has 1 aromatic rings. The zero-order valence-corrected chi connectivity index (χ0v) is 16.7. The summed E-state index contributed by atoms with van der Waals surface area (Å²) in [7, 11) is 0. The highest BCUT2D eigenvalue weighted by atomic mass is 16.6. The van der Waals surface area contributed by atoms with Crippen molar-refractivity contribution in [1.29, 1.82) is 0 Å². The summed E-state index contributed by atoms with van der Waals surface area (Å²) in [5.74, 6) is 2.22. The minimum atomic E-state index is -0.160. The molecule has 0 amide bonds. The van der Waals surface area contributed by atoms with Crippen molar-refractivity contribution in [2.75, 3.05) is 6.54 Å². The minimum Gasteiger partial charge on any atom is -0.361 e. The summed E-state index contributed by atoms with van der Waals surface area (Å²) in [5, 5.41) is 0. The molecule has 0 aromatic heterocycles. The Labute approximate surface area is 162 Å². The number of ether oxygens (including phenoxy) is 2. The van der Waals surface area contributed by atoms with E-state index < -0.39 is 0 Å². The average molecular weight is 366 g/mol. The Morgan fingerprint density at radius 3 is 2.74 bits per heavy atom. The van der Waals surface area contributed by atoms with Crippen LogP contribution in [-0.4, -0.2) is 41.0 Å². The Hall–Kier alpha value is -1.16. The number of benzene rings is 1. The van der Waals surface area contributed by atoms with Crippen LogP contribution < -0.4 is 0 Å². The van der Waals surface area contributed by atoms with Gasteiger partial charge in [-0.05, 0) is 38.2 Å². The molecule has 6 rings (SSSR count). The first-order chi connectivity index (χ1) is 13.0. The van der Waals surface area contributed by atoms with Crippen LogP contribution in [0.25, 0.3) is 0 Å². The lowest BCUT2D eigenvalue weighted by Gasteiger charge is -2.56. The standard InChI is InChI=1S/C24H31NO2/c1-15-9-10-17-19(13-15)26-22-21-20(16-7-5-4-6-8-16)18-11-12-24(21,27-18)14-25(22)23(17,2)3/h4-8,11-12,15,17-22H,9-10,13-14H2,1-3H3/t15-,17-,18-,19-,20+,21+,22+,24-/m1/s1. The van der Waals surface area contributed by atoms with E-state index in [1.807, 2.05) is 0 Å². The molecule has 0 unspecified atom stereocenters. The number of rotatable bonds is 1. The van der Waals surface area contributed by atoms with Crippen molar-refractivity contribution < 1.29 is 9.47 Å². The lowest BCUT2D eigenvalue weighted by atomic mass is 9.69. The molecule has 27 heavy (non-hydrogen) atoms. The summed E-state index contributed by atoms with van der Waals surface area (Å²) in [6.45, 7) is 8.29. The van der Waals surface area contributed by atoms with E-state index in [9.17, 15) is 0 Å². The first-order valence-electron chi connectivity index (χ1n) is 10.8. The SMILES string of the molecule is C[C@@H]1CC[C@@H]2[C@@H](C1)O[C@H]1[C@@H]3[C@@H](c4ccccc4)[C@H]4C=C[C@]3(CN1C2(C)C)O4. The summed E-state index contributed by atoms with van der Waals surface area (Å²) in [6, 6.07) is 11.0. The van der Waals surface area contributed by atoms with Crippen LogP contribution in [0.4, 0.5) is 0 Å². The summed E-state index contributed by atoms with van der Waals surface area (Å²) in [6.07, 6.45) is 9.31. The van der Waals surface area contributed by atoms with Crippen molar-refractivity contribution in [2.24, 2.45) is 17.8 Å². The van der Waals surface area contributed by atoms with Gasteiger partial charge in [-0.2, -0.15) is 0 Å². The molecule has 1 spiro atoms. The second-order valence-electron chi connectivity index (χ2n) is 10.2. The minimum absolute atomic E-state index is 0.160. The Kier molecular flexibility index (Phi) is 3.39. The van der Waals surface area contributed by atoms with Gasteiger partial charge in [0.2, 0.25) is 0 Å². The highest BCUT2D eigenvalue weighted by Gasteiger charge is 2.69. The van der Waals surface area contributed by atoms with Crippen LogP contribution in [0.5, 0.6) is 0 Å². The van der Waals surface area contributed by atoms with Crippen LogP contribution in [0.2, 0.25) is 0 Å². The topological polar surface area (TPSA) is 21.7 Å². The van der Waals surface area contributed by atoms with E-state index in [1.54, 1.807) is 0 Å². The second-order valence-corrected chi connectivity index (χ2v) is 10.2. The van der Waals surface area contributed by atoms with E-state index >= 15 is 0 Å². The lowest BCUT2D eigenvalue weighted by Crippen LogP contribution is -2.63. The molecule has 1 saturated carbocycles. The molecule has 5 aliphatic rings. The average Bonchev–Trinajstić information content (AvgIpc) is 3.30. The van der Waals surface area contributed by atoms with Gasteiger partial charge in [0.15, 0.2) is 0 Å². The van der Waals surface area contributed by atoms with Crippen LogP contribution in [-0.2, 0) is 9.47 Å². The molecule has 0 radical (unpaired) electrons. The van der Waals surface area contributed by atoms with Gasteiger partial charge in [0.1, 0.15) is 11.8 Å². The lowest BCUT2D eigenvalue weighted by molar-refractivity contribution is -0.230. The highest BCUT2D eigenvalue weighted by molar-refractivity contribution is 5.37. The van der Waals surface area contributed by atoms with Crippen molar-refractivity contribution in [2.45, 2.75) is 75.5 Å². The Bertz CT molecular complexity index is 774. The van der Waals surface area contributed by atoms with Crippen molar-refractivity contribution in [1.82, 2.24) is 4.90 Å². The maximum atomic E-state index is 6.95. The number of nitrogens with zero attached hydrogens (tertiary/aromatic N) is 1. The summed E-state index contributed by atoms with van der Waals surface area (Å²) < 4.78 is 13.6. The molecule has 2 bridgehead atoms. The molecule has 144 valence electrons. The predicted octanol–water partition coefficient (Wildman–Crippen LogP) is 4.35. The van der Waals surface area contributed by atoms with Gasteiger partial charge < -0.3 is 9.47 Å². The van der Waals surface area contributed by atoms with E-state index in [1.165, 1.54) is 24.8 Å². The summed E-state index contributed by atoms with van der Waals surface area (Å²) >= 11 is 0. The molecular weight excluding hydrogens is 334 g/mol. The Morgan fingerprint density at radius 2 is 1.93 bits per heavy atom. The largest absolute Gasteiger partial charge is 0.361 e. The van der Waals surface area contributed by atoms with Gasteiger partial charge >= 0.3 is 0 Å². The predicted molar refractivity (Wildman–Crippen MR) is 105 cm³/mol. The number of hydrogen-bond acceptors (Lipinski definition) is 3. The molecule has 0 N–H and O–H groups in total. The van der Waals surface area contributed by atoms with Crippen LogP contribution in [0.3, 0.4) is 0 Å². The van der Waals surface area contributed by atoms with E-state index in [4.69, 9.17) is 9.47 Å². The molecular formula is C24H31NO2. The molecule has 3 nitrogen and oxygen atoms in total. The fourth-order valence-corrected chi connectivity index (χ4v) is 7.09. The van der Waals surface area contributed by atoms with Crippen molar-refractivity contribution in [3.8, 4) is 0 Å². The van der Waals surface area contributed by atoms with Crippen molar-refractivity contribution >= 4 is 0 Å². The smallest absolute Gasteiger partial charge is 0.118 e. The monoisotopic (exact) mass is 365 g/mol. The summed E-state index contributed by atoms with van der Waals surface area (Å²) in [4.78, 5) is 2.66.